The maximum atomic E-state index is 12.0. The number of halogens is 1. The molecule has 2 N–H and O–H groups in total. The highest BCUT2D eigenvalue weighted by atomic mass is 35.5. The van der Waals surface area contributed by atoms with E-state index in [-0.39, 0.29) is 5.84 Å². The minimum absolute atomic E-state index is 0.118. The number of nitrogens with zero attached hydrogens (tertiary/aromatic N) is 2. The zero-order valence-electron chi connectivity index (χ0n) is 11.8. The van der Waals surface area contributed by atoms with Gasteiger partial charge in [0.15, 0.2) is 5.84 Å². The predicted molar refractivity (Wildman–Crippen MR) is 89.4 cm³/mol. The van der Waals surface area contributed by atoms with Crippen molar-refractivity contribution in [3.63, 3.8) is 0 Å². The van der Waals surface area contributed by atoms with Crippen LogP contribution in [0.15, 0.2) is 64.6 Å². The van der Waals surface area contributed by atoms with Gasteiger partial charge in [0.2, 0.25) is 0 Å². The molecule has 4 amide bonds. The lowest BCUT2D eigenvalue weighted by atomic mass is 10.1. The van der Waals surface area contributed by atoms with Crippen LogP contribution in [0.2, 0.25) is 5.02 Å². The quantitative estimate of drug-likeness (QED) is 0.885. The van der Waals surface area contributed by atoms with Crippen molar-refractivity contribution in [1.82, 2.24) is 5.32 Å². The van der Waals surface area contributed by atoms with E-state index in [4.69, 9.17) is 11.6 Å². The highest BCUT2D eigenvalue weighted by Crippen LogP contribution is 2.13. The van der Waals surface area contributed by atoms with E-state index in [2.05, 4.69) is 20.6 Å². The number of nitrogens with one attached hydrogen (secondary N) is 2. The fourth-order valence-corrected chi connectivity index (χ4v) is 2.14. The van der Waals surface area contributed by atoms with Crippen molar-refractivity contribution in [2.45, 2.75) is 0 Å². The number of amidine groups is 1. The SMILES string of the molecule is O=C1N=C(NC(=O)Nc2ccc(Cl)cc2)C(c2ccccc2)=N1. The first-order valence-electron chi connectivity index (χ1n) is 6.72. The summed E-state index contributed by atoms with van der Waals surface area (Å²) >= 11 is 5.79. The molecule has 0 fully saturated rings. The molecule has 0 saturated heterocycles. The average molecular weight is 327 g/mol. The smallest absolute Gasteiger partial charge is 0.308 e. The normalized spacial score (nSPS) is 13.3. The molecule has 0 aliphatic carbocycles. The topological polar surface area (TPSA) is 82.9 Å². The van der Waals surface area contributed by atoms with E-state index < -0.39 is 12.1 Å². The molecule has 0 atom stereocenters. The molecule has 0 aromatic heterocycles. The van der Waals surface area contributed by atoms with Gasteiger partial charge in [-0.3, -0.25) is 5.32 Å². The van der Waals surface area contributed by atoms with Crippen molar-refractivity contribution in [3.8, 4) is 0 Å². The van der Waals surface area contributed by atoms with Crippen LogP contribution in [0, 0.1) is 0 Å². The van der Waals surface area contributed by atoms with Crippen LogP contribution in [0.4, 0.5) is 15.3 Å². The number of anilines is 1. The number of aliphatic imine (C=N–C) groups is 2. The largest absolute Gasteiger partial charge is 0.369 e. The molecule has 1 aliphatic heterocycles. The summed E-state index contributed by atoms with van der Waals surface area (Å²) in [5, 5.41) is 5.73. The van der Waals surface area contributed by atoms with E-state index in [0.717, 1.165) is 0 Å². The van der Waals surface area contributed by atoms with Gasteiger partial charge in [0.1, 0.15) is 5.71 Å². The number of carbonyl (C=O) groups excluding carboxylic acids is 2. The molecule has 3 rings (SSSR count). The third kappa shape index (κ3) is 3.61. The summed E-state index contributed by atoms with van der Waals surface area (Å²) in [5.41, 5.74) is 1.60. The van der Waals surface area contributed by atoms with E-state index in [1.165, 1.54) is 0 Å². The molecule has 0 unspecified atom stereocenters. The molecule has 7 heteroatoms. The number of hydrogen-bond donors (Lipinski definition) is 2. The monoisotopic (exact) mass is 326 g/mol. The molecule has 0 saturated carbocycles. The molecular formula is C16H11ClN4O2. The molecule has 23 heavy (non-hydrogen) atoms. The lowest BCUT2D eigenvalue weighted by Crippen LogP contribution is -2.38. The molecule has 0 spiro atoms. The molecule has 1 heterocycles. The second-order valence-corrected chi connectivity index (χ2v) is 5.09. The maximum absolute atomic E-state index is 12.0. The van der Waals surface area contributed by atoms with Crippen molar-refractivity contribution >= 4 is 40.9 Å². The molecule has 0 radical (unpaired) electrons. The van der Waals surface area contributed by atoms with Crippen LogP contribution in [-0.4, -0.2) is 23.6 Å². The van der Waals surface area contributed by atoms with E-state index in [0.29, 0.717) is 22.0 Å². The molecule has 114 valence electrons. The van der Waals surface area contributed by atoms with Gasteiger partial charge < -0.3 is 5.32 Å². The number of benzene rings is 2. The van der Waals surface area contributed by atoms with Crippen molar-refractivity contribution in [1.29, 1.82) is 0 Å². The summed E-state index contributed by atoms with van der Waals surface area (Å²) in [4.78, 5) is 31.0. The van der Waals surface area contributed by atoms with E-state index in [1.807, 2.05) is 18.2 Å². The van der Waals surface area contributed by atoms with E-state index in [1.54, 1.807) is 36.4 Å². The van der Waals surface area contributed by atoms with Gasteiger partial charge >= 0.3 is 12.1 Å². The van der Waals surface area contributed by atoms with Gasteiger partial charge in [-0.25, -0.2) is 9.59 Å². The molecule has 2 aromatic rings. The van der Waals surface area contributed by atoms with Gasteiger partial charge in [-0.1, -0.05) is 41.9 Å². The Morgan fingerprint density at radius 2 is 1.61 bits per heavy atom. The van der Waals surface area contributed by atoms with Crippen molar-refractivity contribution in [2.75, 3.05) is 5.32 Å². The fraction of sp³-hybridized carbons (Fsp3) is 0. The number of amides is 4. The van der Waals surface area contributed by atoms with Gasteiger partial charge in [-0.05, 0) is 24.3 Å². The van der Waals surface area contributed by atoms with Crippen LogP contribution in [-0.2, 0) is 0 Å². The summed E-state index contributed by atoms with van der Waals surface area (Å²) in [6.07, 6.45) is 0. The second kappa shape index (κ2) is 6.41. The Bertz CT molecular complexity index is 814. The predicted octanol–water partition coefficient (Wildman–Crippen LogP) is 3.48. The van der Waals surface area contributed by atoms with Gasteiger partial charge in [0.05, 0.1) is 0 Å². The minimum atomic E-state index is -0.648. The first-order chi connectivity index (χ1) is 11.1. The molecular weight excluding hydrogens is 316 g/mol. The highest BCUT2D eigenvalue weighted by molar-refractivity contribution is 6.54. The van der Waals surface area contributed by atoms with Crippen LogP contribution in [0.3, 0.4) is 0 Å². The lowest BCUT2D eigenvalue weighted by molar-refractivity contribution is 0.256. The molecule has 2 aromatic carbocycles. The van der Waals surface area contributed by atoms with E-state index in [9.17, 15) is 9.59 Å². The van der Waals surface area contributed by atoms with Crippen LogP contribution < -0.4 is 10.6 Å². The third-order valence-electron chi connectivity index (χ3n) is 3.02. The zero-order chi connectivity index (χ0) is 16.2. The Labute approximate surface area is 136 Å². The Hall–Kier alpha value is -2.99. The first-order valence-corrected chi connectivity index (χ1v) is 7.10. The Balaban J connectivity index is 1.73. The van der Waals surface area contributed by atoms with Crippen molar-refractivity contribution in [3.05, 3.63) is 65.2 Å². The Morgan fingerprint density at radius 3 is 2.30 bits per heavy atom. The summed E-state index contributed by atoms with van der Waals surface area (Å²) in [7, 11) is 0. The lowest BCUT2D eigenvalue weighted by Gasteiger charge is -2.09. The van der Waals surface area contributed by atoms with Crippen LogP contribution in [0.1, 0.15) is 5.56 Å². The summed E-state index contributed by atoms with van der Waals surface area (Å²) in [6.45, 7) is 0. The summed E-state index contributed by atoms with van der Waals surface area (Å²) in [6, 6.07) is 14.5. The molecule has 6 nitrogen and oxygen atoms in total. The standard InChI is InChI=1S/C16H11ClN4O2/c17-11-6-8-12(9-7-11)18-15(22)20-14-13(19-16(23)21-14)10-4-2-1-3-5-10/h1-9H,(H2,18,20,21,22,23). The third-order valence-corrected chi connectivity index (χ3v) is 3.27. The number of hydrogen-bond acceptors (Lipinski definition) is 2. The first kappa shape index (κ1) is 14.9. The van der Waals surface area contributed by atoms with Crippen LogP contribution >= 0.6 is 11.6 Å². The maximum Gasteiger partial charge on any atom is 0.369 e. The number of urea groups is 2. The second-order valence-electron chi connectivity index (χ2n) is 4.66. The minimum Gasteiger partial charge on any atom is -0.308 e. The molecule has 1 aliphatic rings. The molecule has 0 bridgehead atoms. The number of carbonyl (C=O) groups is 2. The van der Waals surface area contributed by atoms with Crippen LogP contribution in [0.5, 0.6) is 0 Å². The average Bonchev–Trinajstić information content (AvgIpc) is 2.91. The van der Waals surface area contributed by atoms with Crippen molar-refractivity contribution < 1.29 is 9.59 Å². The van der Waals surface area contributed by atoms with E-state index >= 15 is 0 Å². The van der Waals surface area contributed by atoms with Gasteiger partial charge in [0.25, 0.3) is 0 Å². The zero-order valence-corrected chi connectivity index (χ0v) is 12.5. The van der Waals surface area contributed by atoms with Gasteiger partial charge in [-0.2, -0.15) is 9.98 Å². The highest BCUT2D eigenvalue weighted by Gasteiger charge is 2.22. The van der Waals surface area contributed by atoms with Crippen LogP contribution in [0.25, 0.3) is 0 Å². The van der Waals surface area contributed by atoms with Crippen molar-refractivity contribution in [2.24, 2.45) is 9.98 Å². The number of rotatable bonds is 2. The fourth-order valence-electron chi connectivity index (χ4n) is 2.01. The van der Waals surface area contributed by atoms with Gasteiger partial charge in [-0.15, -0.1) is 0 Å². The Kier molecular flexibility index (Phi) is 4.16. The Morgan fingerprint density at radius 1 is 0.913 bits per heavy atom. The summed E-state index contributed by atoms with van der Waals surface area (Å²) < 4.78 is 0. The summed E-state index contributed by atoms with van der Waals surface area (Å²) in [5.74, 6) is 0.118. The van der Waals surface area contributed by atoms with Gasteiger partial charge in [0, 0.05) is 16.3 Å².